The Balaban J connectivity index is 0.000000118. The number of aryl methyl sites for hydroxylation is 1. The molecule has 0 saturated carbocycles. The lowest BCUT2D eigenvalue weighted by atomic mass is 10.1. The van der Waals surface area contributed by atoms with E-state index in [0.29, 0.717) is 5.39 Å². The van der Waals surface area contributed by atoms with Gasteiger partial charge in [-0.05, 0) is 55.0 Å². The molecule has 0 aliphatic heterocycles. The SMILES string of the molecule is COc1cccc2[nH]ccc12.Cc1cccc2[nH]ccc12.O=[N+]([O-])c1cccc2[nH]ccc12. The number of methoxy groups -OCH3 is 1. The molecule has 0 spiro atoms. The van der Waals surface area contributed by atoms with Gasteiger partial charge in [-0.3, -0.25) is 10.1 Å². The van der Waals surface area contributed by atoms with Crippen molar-refractivity contribution >= 4 is 38.4 Å². The number of nitro benzene ring substituents is 1. The molecule has 0 unspecified atom stereocenters. The van der Waals surface area contributed by atoms with Gasteiger partial charge in [0.05, 0.1) is 22.9 Å². The third kappa shape index (κ3) is 4.72. The summed E-state index contributed by atoms with van der Waals surface area (Å²) in [6, 6.07) is 23.0. The summed E-state index contributed by atoms with van der Waals surface area (Å²) >= 11 is 0. The highest BCUT2D eigenvalue weighted by atomic mass is 16.6. The summed E-state index contributed by atoms with van der Waals surface area (Å²) in [6.45, 7) is 2.12. The molecule has 6 rings (SSSR count). The van der Waals surface area contributed by atoms with Gasteiger partial charge >= 0.3 is 0 Å². The molecular formula is C26H24N4O3. The van der Waals surface area contributed by atoms with Gasteiger partial charge in [-0.15, -0.1) is 0 Å². The first-order valence-corrected chi connectivity index (χ1v) is 10.4. The Morgan fingerprint density at radius 3 is 1.82 bits per heavy atom. The number of aromatic amines is 3. The maximum atomic E-state index is 10.5. The molecule has 0 radical (unpaired) electrons. The van der Waals surface area contributed by atoms with Crippen LogP contribution in [0.1, 0.15) is 5.56 Å². The molecule has 3 aromatic heterocycles. The van der Waals surface area contributed by atoms with Gasteiger partial charge in [0.2, 0.25) is 0 Å². The van der Waals surface area contributed by atoms with Gasteiger partial charge in [-0.2, -0.15) is 0 Å². The summed E-state index contributed by atoms with van der Waals surface area (Å²) in [6.07, 6.45) is 5.57. The van der Waals surface area contributed by atoms with Crippen LogP contribution in [0.4, 0.5) is 5.69 Å². The van der Waals surface area contributed by atoms with E-state index in [9.17, 15) is 10.1 Å². The Morgan fingerprint density at radius 2 is 1.21 bits per heavy atom. The van der Waals surface area contributed by atoms with Crippen molar-refractivity contribution in [2.75, 3.05) is 7.11 Å². The van der Waals surface area contributed by atoms with Crippen molar-refractivity contribution in [1.29, 1.82) is 0 Å². The molecule has 0 fully saturated rings. The molecule has 33 heavy (non-hydrogen) atoms. The number of nitrogens with one attached hydrogen (secondary N) is 3. The van der Waals surface area contributed by atoms with Gasteiger partial charge in [0.1, 0.15) is 5.75 Å². The first-order chi connectivity index (χ1) is 16.1. The summed E-state index contributed by atoms with van der Waals surface area (Å²) in [4.78, 5) is 19.3. The molecule has 0 atom stereocenters. The predicted molar refractivity (Wildman–Crippen MR) is 133 cm³/mol. The van der Waals surface area contributed by atoms with E-state index in [1.54, 1.807) is 25.4 Å². The molecule has 0 aliphatic carbocycles. The summed E-state index contributed by atoms with van der Waals surface area (Å²) in [5.74, 6) is 0.920. The quantitative estimate of drug-likeness (QED) is 0.206. The number of fused-ring (bicyclic) bond motifs is 3. The second-order valence-electron chi connectivity index (χ2n) is 7.39. The summed E-state index contributed by atoms with van der Waals surface area (Å²) in [5, 5.41) is 13.6. The Bertz CT molecular complexity index is 1510. The summed E-state index contributed by atoms with van der Waals surface area (Å²) < 4.78 is 5.17. The highest BCUT2D eigenvalue weighted by Crippen LogP contribution is 2.24. The lowest BCUT2D eigenvalue weighted by molar-refractivity contribution is -0.383. The number of non-ortho nitro benzene ring substituents is 1. The third-order valence-electron chi connectivity index (χ3n) is 5.36. The first kappa shape index (κ1) is 21.7. The molecular weight excluding hydrogens is 416 g/mol. The number of nitrogens with zero attached hydrogens (tertiary/aromatic N) is 1. The lowest BCUT2D eigenvalue weighted by Crippen LogP contribution is -1.87. The zero-order valence-corrected chi connectivity index (χ0v) is 18.3. The molecule has 0 amide bonds. The lowest BCUT2D eigenvalue weighted by Gasteiger charge is -1.99. The van der Waals surface area contributed by atoms with Crippen LogP contribution in [-0.2, 0) is 0 Å². The largest absolute Gasteiger partial charge is 0.496 e. The van der Waals surface area contributed by atoms with Crippen LogP contribution in [0.3, 0.4) is 0 Å². The van der Waals surface area contributed by atoms with Crippen LogP contribution in [0.15, 0.2) is 91.4 Å². The number of H-pyrrole nitrogens is 3. The Hall–Kier alpha value is -4.52. The topological polar surface area (TPSA) is 99.7 Å². The monoisotopic (exact) mass is 440 g/mol. The van der Waals surface area contributed by atoms with Gasteiger partial charge in [0.25, 0.3) is 5.69 Å². The minimum Gasteiger partial charge on any atom is -0.496 e. The Kier molecular flexibility index (Phi) is 6.40. The zero-order chi connectivity index (χ0) is 23.2. The molecule has 7 heteroatoms. The maximum absolute atomic E-state index is 10.5. The molecule has 3 heterocycles. The van der Waals surface area contributed by atoms with Crippen molar-refractivity contribution in [3.05, 3.63) is 107 Å². The number of rotatable bonds is 2. The highest BCUT2D eigenvalue weighted by molar-refractivity contribution is 5.88. The van der Waals surface area contributed by atoms with E-state index in [2.05, 4.69) is 46.1 Å². The number of benzene rings is 3. The van der Waals surface area contributed by atoms with Crippen LogP contribution in [0, 0.1) is 17.0 Å². The van der Waals surface area contributed by atoms with Crippen LogP contribution in [0.25, 0.3) is 32.7 Å². The fraction of sp³-hybridized carbons (Fsp3) is 0.0769. The third-order valence-corrected chi connectivity index (χ3v) is 5.36. The van der Waals surface area contributed by atoms with Crippen molar-refractivity contribution in [2.24, 2.45) is 0 Å². The number of nitro groups is 1. The smallest absolute Gasteiger partial charge is 0.278 e. The molecule has 3 aromatic carbocycles. The molecule has 3 N–H and O–H groups in total. The predicted octanol–water partition coefficient (Wildman–Crippen LogP) is 6.73. The fourth-order valence-corrected chi connectivity index (χ4v) is 3.71. The van der Waals surface area contributed by atoms with Gasteiger partial charge < -0.3 is 19.7 Å². The number of hydrogen-bond acceptors (Lipinski definition) is 3. The molecule has 7 nitrogen and oxygen atoms in total. The number of aromatic nitrogens is 3. The van der Waals surface area contributed by atoms with E-state index in [-0.39, 0.29) is 10.6 Å². The molecule has 6 aromatic rings. The minimum absolute atomic E-state index is 0.147. The second kappa shape index (κ2) is 9.74. The highest BCUT2D eigenvalue weighted by Gasteiger charge is 2.10. The Labute approximate surface area is 190 Å². The van der Waals surface area contributed by atoms with E-state index in [1.165, 1.54) is 22.5 Å². The van der Waals surface area contributed by atoms with Crippen molar-refractivity contribution in [3.8, 4) is 5.75 Å². The second-order valence-corrected chi connectivity index (χ2v) is 7.39. The summed E-state index contributed by atoms with van der Waals surface area (Å²) in [7, 11) is 1.68. The van der Waals surface area contributed by atoms with Crippen LogP contribution >= 0.6 is 0 Å². The summed E-state index contributed by atoms with van der Waals surface area (Å²) in [5.41, 5.74) is 4.61. The molecule has 0 saturated heterocycles. The standard InChI is InChI=1S/C9H9NO.C9H9N.C8H6N2O2/c1-11-9-4-2-3-8-7(9)5-6-10-8;1-7-3-2-4-9-8(7)5-6-10-9;11-10(12)8-3-1-2-7-6(8)4-5-9-7/h2-6,10H,1H3;2-6,10H,1H3;1-5,9H. The molecule has 0 bridgehead atoms. The number of hydrogen-bond donors (Lipinski definition) is 3. The van der Waals surface area contributed by atoms with Crippen LogP contribution in [-0.4, -0.2) is 27.0 Å². The van der Waals surface area contributed by atoms with E-state index in [1.807, 2.05) is 42.7 Å². The first-order valence-electron chi connectivity index (χ1n) is 10.4. The van der Waals surface area contributed by atoms with Gasteiger partial charge in [0, 0.05) is 46.5 Å². The van der Waals surface area contributed by atoms with Crippen LogP contribution in [0.2, 0.25) is 0 Å². The van der Waals surface area contributed by atoms with Crippen molar-refractivity contribution in [3.63, 3.8) is 0 Å². The van der Waals surface area contributed by atoms with E-state index in [0.717, 1.165) is 22.2 Å². The van der Waals surface area contributed by atoms with Crippen LogP contribution in [0.5, 0.6) is 5.75 Å². The molecule has 166 valence electrons. The van der Waals surface area contributed by atoms with Crippen molar-refractivity contribution in [2.45, 2.75) is 6.92 Å². The Morgan fingerprint density at radius 1 is 0.697 bits per heavy atom. The normalized spacial score (nSPS) is 10.4. The van der Waals surface area contributed by atoms with Crippen LogP contribution < -0.4 is 4.74 Å². The number of ether oxygens (including phenoxy) is 1. The zero-order valence-electron chi connectivity index (χ0n) is 18.3. The average Bonchev–Trinajstić information content (AvgIpc) is 3.59. The molecule has 0 aliphatic rings. The fourth-order valence-electron chi connectivity index (χ4n) is 3.71. The van der Waals surface area contributed by atoms with E-state index in [4.69, 9.17) is 4.74 Å². The van der Waals surface area contributed by atoms with Gasteiger partial charge in [-0.25, -0.2) is 0 Å². The average molecular weight is 441 g/mol. The minimum atomic E-state index is -0.379. The maximum Gasteiger partial charge on any atom is 0.278 e. The van der Waals surface area contributed by atoms with Crippen molar-refractivity contribution in [1.82, 2.24) is 15.0 Å². The van der Waals surface area contributed by atoms with E-state index < -0.39 is 0 Å². The van der Waals surface area contributed by atoms with Gasteiger partial charge in [0.15, 0.2) is 0 Å². The van der Waals surface area contributed by atoms with E-state index >= 15 is 0 Å². The van der Waals surface area contributed by atoms with Gasteiger partial charge in [-0.1, -0.05) is 24.3 Å². The van der Waals surface area contributed by atoms with Crippen molar-refractivity contribution < 1.29 is 9.66 Å².